The van der Waals surface area contributed by atoms with Gasteiger partial charge >= 0.3 is 0 Å². The highest BCUT2D eigenvalue weighted by Gasteiger charge is 2.34. The lowest BCUT2D eigenvalue weighted by Gasteiger charge is -2.15. The Bertz CT molecular complexity index is 1500. The van der Waals surface area contributed by atoms with Crippen LogP contribution in [0.5, 0.6) is 0 Å². The maximum atomic E-state index is 13.2. The number of rotatable bonds is 3. The van der Waals surface area contributed by atoms with Crippen LogP contribution in [0.4, 0.5) is 5.69 Å². The molecule has 0 aliphatic carbocycles. The quantitative estimate of drug-likeness (QED) is 0.385. The minimum absolute atomic E-state index is 0.183. The van der Waals surface area contributed by atoms with E-state index in [0.29, 0.717) is 43.0 Å². The molecule has 6 nitrogen and oxygen atoms in total. The number of aromatic nitrogens is 3. The molecule has 10 heteroatoms. The van der Waals surface area contributed by atoms with E-state index < -0.39 is 0 Å². The molecule has 0 fully saturated rings. The molecule has 31 heavy (non-hydrogen) atoms. The van der Waals surface area contributed by atoms with E-state index in [1.807, 2.05) is 25.1 Å². The van der Waals surface area contributed by atoms with Gasteiger partial charge in [-0.15, -0.1) is 5.10 Å². The Labute approximate surface area is 198 Å². The molecule has 4 aromatic rings. The van der Waals surface area contributed by atoms with Crippen LogP contribution in [-0.2, 0) is 4.79 Å². The van der Waals surface area contributed by atoms with Crippen molar-refractivity contribution in [1.29, 1.82) is 0 Å². The second-order valence-corrected chi connectivity index (χ2v) is 9.72. The van der Waals surface area contributed by atoms with Gasteiger partial charge in [-0.05, 0) is 42.8 Å². The predicted octanol–water partition coefficient (Wildman–Crippen LogP) is 4.56. The van der Waals surface area contributed by atoms with Gasteiger partial charge in [0.2, 0.25) is 4.96 Å². The number of nitrogens with zero attached hydrogens (tertiary/aromatic N) is 4. The van der Waals surface area contributed by atoms with Crippen LogP contribution in [0.2, 0.25) is 10.0 Å². The van der Waals surface area contributed by atoms with Crippen LogP contribution in [0.15, 0.2) is 45.7 Å². The maximum Gasteiger partial charge on any atom is 0.291 e. The van der Waals surface area contributed by atoms with Crippen LogP contribution in [0.1, 0.15) is 18.9 Å². The molecule has 2 aromatic carbocycles. The Morgan fingerprint density at radius 1 is 1.10 bits per heavy atom. The summed E-state index contributed by atoms with van der Waals surface area (Å²) in [5.74, 6) is 0.146. The van der Waals surface area contributed by atoms with Crippen molar-refractivity contribution in [1.82, 2.24) is 14.6 Å². The average molecular weight is 536 g/mol. The number of carbonyl (C=O) groups is 1. The fourth-order valence-electron chi connectivity index (χ4n) is 3.64. The first-order chi connectivity index (χ1) is 14.9. The summed E-state index contributed by atoms with van der Waals surface area (Å²) in [5, 5.41) is 5.24. The number of fused-ring (bicyclic) bond motifs is 2. The number of carbonyl (C=O) groups excluding carboxylic acids is 1. The minimum Gasteiger partial charge on any atom is -0.308 e. The summed E-state index contributed by atoms with van der Waals surface area (Å²) in [6, 6.07) is 10.6. The molecule has 0 N–H and O–H groups in total. The third-order valence-corrected chi connectivity index (χ3v) is 7.05. The molecule has 0 spiro atoms. The van der Waals surface area contributed by atoms with E-state index in [1.165, 1.54) is 4.52 Å². The first-order valence-electron chi connectivity index (χ1n) is 9.40. The fourth-order valence-corrected chi connectivity index (χ4v) is 5.49. The van der Waals surface area contributed by atoms with Gasteiger partial charge in [0.05, 0.1) is 16.3 Å². The van der Waals surface area contributed by atoms with Crippen LogP contribution in [0, 0.1) is 0 Å². The topological polar surface area (TPSA) is 67.6 Å². The second kappa shape index (κ2) is 7.70. The van der Waals surface area contributed by atoms with Gasteiger partial charge in [-0.3, -0.25) is 9.59 Å². The number of hydrogen-bond donors (Lipinski definition) is 0. The highest BCUT2D eigenvalue weighted by Crippen LogP contribution is 2.37. The van der Waals surface area contributed by atoms with Crippen molar-refractivity contribution in [2.24, 2.45) is 0 Å². The summed E-state index contributed by atoms with van der Waals surface area (Å²) in [6.07, 6.45) is 0.805. The minimum atomic E-state index is -0.378. The van der Waals surface area contributed by atoms with Crippen molar-refractivity contribution in [2.75, 3.05) is 11.4 Å². The number of hydrogen-bond acceptors (Lipinski definition) is 5. The summed E-state index contributed by atoms with van der Waals surface area (Å²) in [5.41, 5.74) is 2.12. The lowest BCUT2D eigenvalue weighted by atomic mass is 10.1. The van der Waals surface area contributed by atoms with Crippen molar-refractivity contribution in [3.8, 4) is 11.4 Å². The van der Waals surface area contributed by atoms with Crippen LogP contribution >= 0.6 is 50.5 Å². The highest BCUT2D eigenvalue weighted by molar-refractivity contribution is 9.10. The fraction of sp³-hybridized carbons (Fsp3) is 0.143. The Balaban J connectivity index is 1.73. The molecule has 0 bridgehead atoms. The molecule has 1 aliphatic heterocycles. The third-order valence-electron chi connectivity index (χ3n) is 4.98. The van der Waals surface area contributed by atoms with Crippen molar-refractivity contribution < 1.29 is 4.79 Å². The van der Waals surface area contributed by atoms with E-state index in [-0.39, 0.29) is 11.5 Å². The van der Waals surface area contributed by atoms with Gasteiger partial charge in [0.25, 0.3) is 11.5 Å². The maximum absolute atomic E-state index is 13.2. The number of benzene rings is 2. The molecule has 1 aliphatic rings. The van der Waals surface area contributed by atoms with Crippen molar-refractivity contribution >= 4 is 72.6 Å². The first kappa shape index (κ1) is 20.6. The van der Waals surface area contributed by atoms with Gasteiger partial charge in [0.15, 0.2) is 5.82 Å². The number of amides is 1. The largest absolute Gasteiger partial charge is 0.308 e. The van der Waals surface area contributed by atoms with E-state index in [0.717, 1.165) is 33.5 Å². The number of anilines is 1. The van der Waals surface area contributed by atoms with Crippen LogP contribution < -0.4 is 15.0 Å². The highest BCUT2D eigenvalue weighted by atomic mass is 79.9. The van der Waals surface area contributed by atoms with Crippen LogP contribution in [-0.4, -0.2) is 27.0 Å². The molecule has 0 radical (unpaired) electrons. The molecular weight excluding hydrogens is 523 g/mol. The van der Waals surface area contributed by atoms with Crippen LogP contribution in [0.25, 0.3) is 21.9 Å². The average Bonchev–Trinajstić information content (AvgIpc) is 3.34. The lowest BCUT2D eigenvalue weighted by Crippen LogP contribution is -2.32. The van der Waals surface area contributed by atoms with Gasteiger partial charge < -0.3 is 4.90 Å². The van der Waals surface area contributed by atoms with Gasteiger partial charge in [-0.25, -0.2) is 0 Å². The van der Waals surface area contributed by atoms with E-state index in [1.54, 1.807) is 23.1 Å². The number of halogens is 3. The van der Waals surface area contributed by atoms with Crippen molar-refractivity contribution in [3.63, 3.8) is 0 Å². The molecule has 156 valence electrons. The zero-order valence-corrected chi connectivity index (χ0v) is 19.9. The third kappa shape index (κ3) is 3.29. The summed E-state index contributed by atoms with van der Waals surface area (Å²) in [7, 11) is 0. The molecule has 0 saturated carbocycles. The summed E-state index contributed by atoms with van der Waals surface area (Å²) < 4.78 is 2.38. The SMILES string of the molecule is CCCN1C(=O)/C(=c2\sc3nc(-c4ccc(Cl)cc4Cl)nn3c2=O)c2cc(Br)ccc21. The molecule has 3 heterocycles. The van der Waals surface area contributed by atoms with Crippen molar-refractivity contribution in [3.05, 3.63) is 71.4 Å². The Hall–Kier alpha value is -2.26. The zero-order valence-electron chi connectivity index (χ0n) is 16.0. The van der Waals surface area contributed by atoms with Gasteiger partial charge in [-0.2, -0.15) is 9.50 Å². The smallest absolute Gasteiger partial charge is 0.291 e. The Morgan fingerprint density at radius 2 is 1.90 bits per heavy atom. The van der Waals surface area contributed by atoms with E-state index in [4.69, 9.17) is 23.2 Å². The Kier molecular flexibility index (Phi) is 5.13. The predicted molar refractivity (Wildman–Crippen MR) is 127 cm³/mol. The number of thiazole rings is 1. The van der Waals surface area contributed by atoms with Crippen molar-refractivity contribution in [2.45, 2.75) is 13.3 Å². The zero-order chi connectivity index (χ0) is 21.9. The summed E-state index contributed by atoms with van der Waals surface area (Å²) >= 11 is 16.8. The van der Waals surface area contributed by atoms with E-state index in [9.17, 15) is 9.59 Å². The molecular formula is C21H13BrCl2N4O2S. The molecule has 1 amide bonds. The molecule has 0 saturated heterocycles. The van der Waals surface area contributed by atoms with E-state index in [2.05, 4.69) is 26.0 Å². The second-order valence-electron chi connectivity index (χ2n) is 6.98. The molecule has 5 rings (SSSR count). The molecule has 0 atom stereocenters. The standard InChI is InChI=1S/C21H13BrCl2N4O2S/c1-2-7-27-15-6-3-10(22)8-13(15)16(19(27)29)17-20(30)28-21(31-17)25-18(26-28)12-5-4-11(23)9-14(12)24/h3-6,8-9H,2,7H2,1H3/b17-16-. The lowest BCUT2D eigenvalue weighted by molar-refractivity contribution is -0.113. The first-order valence-corrected chi connectivity index (χ1v) is 11.8. The molecule has 2 aromatic heterocycles. The van der Waals surface area contributed by atoms with E-state index >= 15 is 0 Å². The molecule has 0 unspecified atom stereocenters. The van der Waals surface area contributed by atoms with Gasteiger partial charge in [0.1, 0.15) is 4.53 Å². The Morgan fingerprint density at radius 3 is 2.61 bits per heavy atom. The van der Waals surface area contributed by atoms with Crippen LogP contribution in [0.3, 0.4) is 0 Å². The normalized spacial score (nSPS) is 15.2. The van der Waals surface area contributed by atoms with Gasteiger partial charge in [0, 0.05) is 27.2 Å². The monoisotopic (exact) mass is 534 g/mol. The summed E-state index contributed by atoms with van der Waals surface area (Å²) in [4.78, 5) is 33.0. The summed E-state index contributed by atoms with van der Waals surface area (Å²) in [6.45, 7) is 2.58. The van der Waals surface area contributed by atoms with Gasteiger partial charge in [-0.1, -0.05) is 57.4 Å².